The van der Waals surface area contributed by atoms with E-state index in [1.807, 2.05) is 12.1 Å². The molecule has 2 heteroatoms. The second kappa shape index (κ2) is 8.98. The number of ether oxygens (including phenoxy) is 1. The van der Waals surface area contributed by atoms with Crippen LogP contribution in [0.1, 0.15) is 45.6 Å². The molecule has 0 amide bonds. The van der Waals surface area contributed by atoms with Gasteiger partial charge in [0.1, 0.15) is 5.75 Å². The molecular weight excluding hydrogens is 234 g/mol. The molecule has 0 aliphatic rings. The van der Waals surface area contributed by atoms with Gasteiger partial charge in [-0.05, 0) is 55.8 Å². The van der Waals surface area contributed by atoms with Crippen LogP contribution in [0, 0.1) is 5.92 Å². The summed E-state index contributed by atoms with van der Waals surface area (Å²) >= 11 is 0. The molecule has 1 atom stereocenters. The molecule has 1 aromatic carbocycles. The van der Waals surface area contributed by atoms with Gasteiger partial charge in [-0.25, -0.2) is 0 Å². The van der Waals surface area contributed by atoms with Crippen molar-refractivity contribution < 1.29 is 4.74 Å². The predicted molar refractivity (Wildman–Crippen MR) is 82.9 cm³/mol. The summed E-state index contributed by atoms with van der Waals surface area (Å²) in [6.45, 7) is 7.85. The maximum atomic E-state index is 5.19. The van der Waals surface area contributed by atoms with Crippen LogP contribution in [0.15, 0.2) is 24.3 Å². The molecule has 1 rings (SSSR count). The third-order valence-corrected chi connectivity index (χ3v) is 3.53. The van der Waals surface area contributed by atoms with Gasteiger partial charge in [-0.2, -0.15) is 0 Å². The second-order valence-corrected chi connectivity index (χ2v) is 5.61. The zero-order valence-electron chi connectivity index (χ0n) is 12.9. The molecule has 0 aliphatic heterocycles. The van der Waals surface area contributed by atoms with Crippen LogP contribution in [0.25, 0.3) is 0 Å². The van der Waals surface area contributed by atoms with Gasteiger partial charge in [0.2, 0.25) is 0 Å². The van der Waals surface area contributed by atoms with Gasteiger partial charge in [0, 0.05) is 6.04 Å². The van der Waals surface area contributed by atoms with E-state index in [4.69, 9.17) is 4.74 Å². The molecule has 1 N–H and O–H groups in total. The fourth-order valence-electron chi connectivity index (χ4n) is 2.30. The van der Waals surface area contributed by atoms with Crippen molar-refractivity contribution in [1.29, 1.82) is 0 Å². The molecule has 0 saturated carbocycles. The number of nitrogens with one attached hydrogen (secondary N) is 1. The first-order chi connectivity index (χ1) is 9.15. The summed E-state index contributed by atoms with van der Waals surface area (Å²) in [6.07, 6.45) is 4.94. The number of benzene rings is 1. The molecule has 1 aromatic rings. The summed E-state index contributed by atoms with van der Waals surface area (Å²) in [4.78, 5) is 0. The highest BCUT2D eigenvalue weighted by Crippen LogP contribution is 2.15. The summed E-state index contributed by atoms with van der Waals surface area (Å²) in [6, 6.07) is 9.08. The molecule has 19 heavy (non-hydrogen) atoms. The minimum Gasteiger partial charge on any atom is -0.497 e. The van der Waals surface area contributed by atoms with Gasteiger partial charge in [-0.15, -0.1) is 0 Å². The lowest BCUT2D eigenvalue weighted by atomic mass is 9.98. The maximum absolute atomic E-state index is 5.19. The van der Waals surface area contributed by atoms with Crippen LogP contribution in [0.5, 0.6) is 5.75 Å². The van der Waals surface area contributed by atoms with Crippen molar-refractivity contribution in [1.82, 2.24) is 5.32 Å². The van der Waals surface area contributed by atoms with Gasteiger partial charge in [-0.1, -0.05) is 32.9 Å². The zero-order valence-corrected chi connectivity index (χ0v) is 12.9. The average molecular weight is 263 g/mol. The summed E-state index contributed by atoms with van der Waals surface area (Å²) in [5.74, 6) is 1.73. The van der Waals surface area contributed by atoms with Crippen LogP contribution < -0.4 is 10.1 Å². The van der Waals surface area contributed by atoms with Gasteiger partial charge in [-0.3, -0.25) is 0 Å². The molecule has 0 radical (unpaired) electrons. The fourth-order valence-corrected chi connectivity index (χ4v) is 2.30. The highest BCUT2D eigenvalue weighted by Gasteiger charge is 2.08. The normalized spacial score (nSPS) is 12.7. The number of hydrogen-bond donors (Lipinski definition) is 1. The van der Waals surface area contributed by atoms with Crippen LogP contribution in [0.2, 0.25) is 0 Å². The Morgan fingerprint density at radius 1 is 1.05 bits per heavy atom. The second-order valence-electron chi connectivity index (χ2n) is 5.61. The monoisotopic (exact) mass is 263 g/mol. The van der Waals surface area contributed by atoms with Crippen molar-refractivity contribution in [2.24, 2.45) is 5.92 Å². The quantitative estimate of drug-likeness (QED) is 0.726. The van der Waals surface area contributed by atoms with Crippen molar-refractivity contribution in [2.75, 3.05) is 13.7 Å². The molecule has 0 fully saturated rings. The van der Waals surface area contributed by atoms with Crippen molar-refractivity contribution in [2.45, 2.75) is 52.5 Å². The Morgan fingerprint density at radius 3 is 2.26 bits per heavy atom. The highest BCUT2D eigenvalue weighted by atomic mass is 16.5. The largest absolute Gasteiger partial charge is 0.497 e. The van der Waals surface area contributed by atoms with Gasteiger partial charge < -0.3 is 10.1 Å². The summed E-state index contributed by atoms with van der Waals surface area (Å²) < 4.78 is 5.19. The number of methoxy groups -OCH3 is 1. The third-order valence-electron chi connectivity index (χ3n) is 3.53. The zero-order chi connectivity index (χ0) is 14.1. The number of hydrogen-bond acceptors (Lipinski definition) is 2. The molecule has 0 aliphatic carbocycles. The lowest BCUT2D eigenvalue weighted by Gasteiger charge is -2.19. The summed E-state index contributed by atoms with van der Waals surface area (Å²) in [5.41, 5.74) is 1.40. The van der Waals surface area contributed by atoms with E-state index < -0.39 is 0 Å². The van der Waals surface area contributed by atoms with Crippen molar-refractivity contribution in [3.8, 4) is 5.75 Å². The van der Waals surface area contributed by atoms with Crippen LogP contribution in [-0.4, -0.2) is 19.7 Å². The first-order valence-corrected chi connectivity index (χ1v) is 7.52. The lowest BCUT2D eigenvalue weighted by molar-refractivity contribution is 0.413. The van der Waals surface area contributed by atoms with E-state index in [0.717, 1.165) is 24.6 Å². The predicted octanol–water partition coefficient (Wildman–Crippen LogP) is 4.04. The average Bonchev–Trinajstić information content (AvgIpc) is 2.42. The van der Waals surface area contributed by atoms with E-state index in [-0.39, 0.29) is 0 Å². The van der Waals surface area contributed by atoms with Crippen LogP contribution in [-0.2, 0) is 6.42 Å². The SMILES string of the molecule is CCNC(CCc1ccc(OC)cc1)CCC(C)C. The van der Waals surface area contributed by atoms with E-state index in [1.165, 1.54) is 24.8 Å². The maximum Gasteiger partial charge on any atom is 0.118 e. The molecule has 2 nitrogen and oxygen atoms in total. The molecular formula is C17H29NO. The van der Waals surface area contributed by atoms with Gasteiger partial charge in [0.05, 0.1) is 7.11 Å². The molecule has 0 heterocycles. The van der Waals surface area contributed by atoms with E-state index in [2.05, 4.69) is 38.2 Å². The van der Waals surface area contributed by atoms with E-state index in [1.54, 1.807) is 7.11 Å². The number of rotatable bonds is 9. The minimum atomic E-state index is 0.648. The van der Waals surface area contributed by atoms with Crippen molar-refractivity contribution >= 4 is 0 Å². The highest BCUT2D eigenvalue weighted by molar-refractivity contribution is 5.27. The fraction of sp³-hybridized carbons (Fsp3) is 0.647. The van der Waals surface area contributed by atoms with Gasteiger partial charge in [0.25, 0.3) is 0 Å². The Labute approximate surface area is 118 Å². The van der Waals surface area contributed by atoms with Crippen molar-refractivity contribution in [3.63, 3.8) is 0 Å². The Bertz CT molecular complexity index is 332. The topological polar surface area (TPSA) is 21.3 Å². The molecule has 0 spiro atoms. The standard InChI is InChI=1S/C17H29NO/c1-5-18-16(10-6-14(2)3)11-7-15-8-12-17(19-4)13-9-15/h8-9,12-14,16,18H,5-7,10-11H2,1-4H3. The molecule has 1 unspecified atom stereocenters. The molecule has 0 saturated heterocycles. The minimum absolute atomic E-state index is 0.648. The first-order valence-electron chi connectivity index (χ1n) is 7.52. The van der Waals surface area contributed by atoms with Crippen LogP contribution >= 0.6 is 0 Å². The van der Waals surface area contributed by atoms with Crippen LogP contribution in [0.4, 0.5) is 0 Å². The number of aryl methyl sites for hydroxylation is 1. The van der Waals surface area contributed by atoms with Gasteiger partial charge in [0.15, 0.2) is 0 Å². The smallest absolute Gasteiger partial charge is 0.118 e. The Kier molecular flexibility index (Phi) is 7.57. The van der Waals surface area contributed by atoms with Crippen molar-refractivity contribution in [3.05, 3.63) is 29.8 Å². The Balaban J connectivity index is 2.40. The van der Waals surface area contributed by atoms with E-state index >= 15 is 0 Å². The van der Waals surface area contributed by atoms with Crippen LogP contribution in [0.3, 0.4) is 0 Å². The Morgan fingerprint density at radius 2 is 1.74 bits per heavy atom. The molecule has 0 bridgehead atoms. The lowest BCUT2D eigenvalue weighted by Crippen LogP contribution is -2.29. The summed E-state index contributed by atoms with van der Waals surface area (Å²) in [7, 11) is 1.71. The third kappa shape index (κ3) is 6.63. The molecule has 0 aromatic heterocycles. The molecule has 108 valence electrons. The van der Waals surface area contributed by atoms with Gasteiger partial charge >= 0.3 is 0 Å². The first kappa shape index (κ1) is 16.0. The van der Waals surface area contributed by atoms with E-state index in [9.17, 15) is 0 Å². The summed E-state index contributed by atoms with van der Waals surface area (Å²) in [5, 5.41) is 3.61. The Hall–Kier alpha value is -1.02. The van der Waals surface area contributed by atoms with E-state index in [0.29, 0.717) is 6.04 Å².